The highest BCUT2D eigenvalue weighted by molar-refractivity contribution is 6.32. The fourth-order valence-corrected chi connectivity index (χ4v) is 6.94. The number of Topliss-reactive ketones (excluding diaryl/α,β-unsaturated/α-hetero) is 3. The quantitative estimate of drug-likeness (QED) is 0.233. The van der Waals surface area contributed by atoms with Crippen LogP contribution in [0.3, 0.4) is 0 Å². The van der Waals surface area contributed by atoms with Crippen molar-refractivity contribution >= 4 is 29.1 Å². The summed E-state index contributed by atoms with van der Waals surface area (Å²) < 4.78 is 15.8. The Kier molecular flexibility index (Phi) is 5.08. The number of carbonyl (C=O) groups excluding carboxylic acids is 3. The molecule has 0 N–H and O–H groups in total. The van der Waals surface area contributed by atoms with Crippen LogP contribution in [0.4, 0.5) is 10.1 Å². The lowest BCUT2D eigenvalue weighted by Crippen LogP contribution is -2.48. The van der Waals surface area contributed by atoms with Gasteiger partial charge in [0.2, 0.25) is 0 Å². The predicted molar refractivity (Wildman–Crippen MR) is 148 cm³/mol. The molecule has 0 amide bonds. The van der Waals surface area contributed by atoms with Crippen LogP contribution in [0.2, 0.25) is 0 Å². The molecule has 4 nitrogen and oxygen atoms in total. The SMILES string of the molecule is Cc1ccc2c(c1)C=CC1N2C(C(=O)c2ccccc2)C(c2ccccc2F)C12C(=O)c1ccccc1C2=O. The first kappa shape index (κ1) is 23.5. The topological polar surface area (TPSA) is 54.5 Å². The fourth-order valence-electron chi connectivity index (χ4n) is 6.94. The number of fused-ring (bicyclic) bond motifs is 5. The Balaban J connectivity index is 1.57. The first-order chi connectivity index (χ1) is 18.9. The molecule has 4 aromatic carbocycles. The number of aryl methyl sites for hydroxylation is 1. The highest BCUT2D eigenvalue weighted by Gasteiger charge is 2.71. The van der Waals surface area contributed by atoms with Crippen LogP contribution in [-0.2, 0) is 0 Å². The molecule has 190 valence electrons. The second-order valence-corrected chi connectivity index (χ2v) is 10.5. The van der Waals surface area contributed by atoms with E-state index in [2.05, 4.69) is 0 Å². The molecule has 4 aromatic rings. The number of hydrogen-bond acceptors (Lipinski definition) is 4. The summed E-state index contributed by atoms with van der Waals surface area (Å²) in [4.78, 5) is 45.5. The smallest absolute Gasteiger partial charge is 0.185 e. The van der Waals surface area contributed by atoms with E-state index in [0.717, 1.165) is 16.8 Å². The highest BCUT2D eigenvalue weighted by atomic mass is 19.1. The van der Waals surface area contributed by atoms with Gasteiger partial charge in [-0.1, -0.05) is 96.6 Å². The van der Waals surface area contributed by atoms with Crippen molar-refractivity contribution in [2.24, 2.45) is 5.41 Å². The predicted octanol–water partition coefficient (Wildman–Crippen LogP) is 6.45. The minimum absolute atomic E-state index is 0.192. The van der Waals surface area contributed by atoms with Crippen LogP contribution < -0.4 is 4.90 Å². The number of hydrogen-bond donors (Lipinski definition) is 0. The van der Waals surface area contributed by atoms with Gasteiger partial charge in [-0.15, -0.1) is 0 Å². The van der Waals surface area contributed by atoms with Crippen molar-refractivity contribution in [1.29, 1.82) is 0 Å². The molecule has 2 heterocycles. The largest absolute Gasteiger partial charge is 0.352 e. The summed E-state index contributed by atoms with van der Waals surface area (Å²) in [5.41, 5.74) is 2.24. The van der Waals surface area contributed by atoms with Gasteiger partial charge in [0.25, 0.3) is 0 Å². The summed E-state index contributed by atoms with van der Waals surface area (Å²) in [5.74, 6) is -2.59. The van der Waals surface area contributed by atoms with Gasteiger partial charge in [-0.3, -0.25) is 14.4 Å². The van der Waals surface area contributed by atoms with Gasteiger partial charge in [-0.25, -0.2) is 4.39 Å². The Morgan fingerprint density at radius 3 is 2.15 bits per heavy atom. The van der Waals surface area contributed by atoms with Crippen molar-refractivity contribution in [2.75, 3.05) is 4.90 Å². The van der Waals surface area contributed by atoms with E-state index in [1.165, 1.54) is 6.07 Å². The summed E-state index contributed by atoms with van der Waals surface area (Å²) in [7, 11) is 0. The third-order valence-electron chi connectivity index (χ3n) is 8.53. The van der Waals surface area contributed by atoms with Gasteiger partial charge in [0, 0.05) is 28.3 Å². The zero-order valence-corrected chi connectivity index (χ0v) is 21.2. The summed E-state index contributed by atoms with van der Waals surface area (Å²) in [6.07, 6.45) is 3.78. The van der Waals surface area contributed by atoms with Crippen LogP contribution in [0.1, 0.15) is 53.7 Å². The fraction of sp³-hybridized carbons (Fsp3) is 0.147. The monoisotopic (exact) mass is 513 g/mol. The molecule has 1 fully saturated rings. The second-order valence-electron chi connectivity index (χ2n) is 10.5. The summed E-state index contributed by atoms with van der Waals surface area (Å²) in [6.45, 7) is 1.99. The molecule has 3 unspecified atom stereocenters. The molecule has 7 rings (SSSR count). The van der Waals surface area contributed by atoms with Crippen molar-refractivity contribution < 1.29 is 18.8 Å². The van der Waals surface area contributed by atoms with Crippen molar-refractivity contribution in [3.63, 3.8) is 0 Å². The molecule has 1 aliphatic carbocycles. The van der Waals surface area contributed by atoms with Gasteiger partial charge in [-0.2, -0.15) is 0 Å². The maximum atomic E-state index is 15.8. The lowest BCUT2D eigenvalue weighted by Gasteiger charge is -2.37. The Morgan fingerprint density at radius 2 is 1.46 bits per heavy atom. The highest BCUT2D eigenvalue weighted by Crippen LogP contribution is 2.61. The molecule has 0 bridgehead atoms. The Bertz CT molecular complexity index is 1690. The van der Waals surface area contributed by atoms with Gasteiger partial charge in [0.05, 0.1) is 6.04 Å². The Hall–Kier alpha value is -4.64. The van der Waals surface area contributed by atoms with Crippen molar-refractivity contribution in [1.82, 2.24) is 0 Å². The number of benzene rings is 4. The minimum atomic E-state index is -1.71. The van der Waals surface area contributed by atoms with Gasteiger partial charge < -0.3 is 4.90 Å². The normalized spacial score (nSPS) is 22.1. The van der Waals surface area contributed by atoms with E-state index in [0.29, 0.717) is 16.7 Å². The lowest BCUT2D eigenvalue weighted by atomic mass is 9.64. The van der Waals surface area contributed by atoms with Crippen LogP contribution in [0.25, 0.3) is 6.08 Å². The van der Waals surface area contributed by atoms with E-state index < -0.39 is 29.2 Å². The van der Waals surface area contributed by atoms with E-state index in [1.54, 1.807) is 66.7 Å². The molecule has 3 atom stereocenters. The van der Waals surface area contributed by atoms with E-state index >= 15 is 4.39 Å². The summed E-state index contributed by atoms with van der Waals surface area (Å²) in [6, 6.07) is 25.9. The zero-order valence-electron chi connectivity index (χ0n) is 21.2. The minimum Gasteiger partial charge on any atom is -0.352 e. The molecule has 5 heteroatoms. The van der Waals surface area contributed by atoms with Crippen LogP contribution in [0, 0.1) is 18.2 Å². The summed E-state index contributed by atoms with van der Waals surface area (Å²) in [5, 5.41) is 0. The van der Waals surface area contributed by atoms with Crippen LogP contribution in [0.5, 0.6) is 0 Å². The van der Waals surface area contributed by atoms with Crippen molar-refractivity contribution in [3.8, 4) is 0 Å². The van der Waals surface area contributed by atoms with E-state index in [1.807, 2.05) is 48.2 Å². The molecule has 0 saturated carbocycles. The number of ketones is 3. The molecular weight excluding hydrogens is 489 g/mol. The average Bonchev–Trinajstić information content (AvgIpc) is 3.39. The van der Waals surface area contributed by atoms with E-state index in [4.69, 9.17) is 0 Å². The molecule has 39 heavy (non-hydrogen) atoms. The maximum Gasteiger partial charge on any atom is 0.185 e. The van der Waals surface area contributed by atoms with Gasteiger partial charge >= 0.3 is 0 Å². The second kappa shape index (κ2) is 8.43. The van der Waals surface area contributed by atoms with Crippen LogP contribution in [-0.4, -0.2) is 29.4 Å². The lowest BCUT2D eigenvalue weighted by molar-refractivity contribution is 0.0664. The van der Waals surface area contributed by atoms with Crippen LogP contribution >= 0.6 is 0 Å². The Labute approximate surface area is 225 Å². The standard InChI is InChI=1S/C34H24FNO3/c1-20-15-17-27-22(19-20)16-18-28-34(32(38)23-11-5-6-12-24(23)33(34)39)29(25-13-7-8-14-26(25)35)30(36(27)28)31(37)21-9-3-2-4-10-21/h2-19,28-30H,1H3. The molecular formula is C34H24FNO3. The zero-order chi connectivity index (χ0) is 26.9. The van der Waals surface area contributed by atoms with Crippen molar-refractivity contribution in [3.05, 3.63) is 142 Å². The van der Waals surface area contributed by atoms with E-state index in [9.17, 15) is 14.4 Å². The first-order valence-electron chi connectivity index (χ1n) is 13.0. The number of nitrogens with zero attached hydrogens (tertiary/aromatic N) is 1. The van der Waals surface area contributed by atoms with Gasteiger partial charge in [-0.05, 0) is 36.2 Å². The van der Waals surface area contributed by atoms with Gasteiger partial charge in [0.1, 0.15) is 17.3 Å². The first-order valence-corrected chi connectivity index (χ1v) is 13.0. The Morgan fingerprint density at radius 1 is 0.821 bits per heavy atom. The number of rotatable bonds is 3. The molecule has 0 radical (unpaired) electrons. The molecule has 3 aliphatic rings. The summed E-state index contributed by atoms with van der Waals surface area (Å²) >= 11 is 0. The number of anilines is 1. The molecule has 1 saturated heterocycles. The molecule has 2 aliphatic heterocycles. The third kappa shape index (κ3) is 3.07. The maximum absolute atomic E-state index is 15.8. The number of carbonyl (C=O) groups is 3. The van der Waals surface area contributed by atoms with Gasteiger partial charge in [0.15, 0.2) is 17.3 Å². The van der Waals surface area contributed by atoms with Crippen LogP contribution in [0.15, 0.2) is 103 Å². The van der Waals surface area contributed by atoms with Crippen molar-refractivity contribution in [2.45, 2.75) is 24.9 Å². The molecule has 1 spiro atoms. The third-order valence-corrected chi connectivity index (χ3v) is 8.53. The average molecular weight is 514 g/mol. The molecule has 0 aromatic heterocycles. The van der Waals surface area contributed by atoms with E-state index in [-0.39, 0.29) is 22.9 Å². The number of halogens is 1.